The molecule has 0 spiro atoms. The van der Waals surface area contributed by atoms with E-state index in [1.807, 2.05) is 0 Å². The third kappa shape index (κ3) is 1.16. The molecule has 1 aromatic heterocycles. The SMILES string of the molecule is O=CC1(c2ccncc2)N=CC=N1. The summed E-state index contributed by atoms with van der Waals surface area (Å²) in [6, 6.07) is 3.46. The molecule has 0 saturated heterocycles. The number of carbonyl (C=O) groups is 1. The Labute approximate surface area is 75.1 Å². The maximum Gasteiger partial charge on any atom is 0.231 e. The van der Waals surface area contributed by atoms with Crippen LogP contribution in [0.5, 0.6) is 0 Å². The Morgan fingerprint density at radius 1 is 1.15 bits per heavy atom. The van der Waals surface area contributed by atoms with Crippen LogP contribution < -0.4 is 0 Å². The summed E-state index contributed by atoms with van der Waals surface area (Å²) in [7, 11) is 0. The van der Waals surface area contributed by atoms with Crippen molar-refractivity contribution in [2.75, 3.05) is 0 Å². The van der Waals surface area contributed by atoms with Crippen LogP contribution in [0.1, 0.15) is 5.56 Å². The summed E-state index contributed by atoms with van der Waals surface area (Å²) < 4.78 is 0. The first kappa shape index (κ1) is 7.79. The fourth-order valence-electron chi connectivity index (χ4n) is 1.20. The Morgan fingerprint density at radius 3 is 2.31 bits per heavy atom. The Bertz CT molecular complexity index is 358. The molecule has 0 aliphatic carbocycles. The van der Waals surface area contributed by atoms with Gasteiger partial charge in [-0.25, -0.2) is 9.98 Å². The van der Waals surface area contributed by atoms with Crippen LogP contribution >= 0.6 is 0 Å². The largest absolute Gasteiger partial charge is 0.298 e. The first-order chi connectivity index (χ1) is 6.37. The molecule has 1 aliphatic heterocycles. The van der Waals surface area contributed by atoms with Crippen molar-refractivity contribution in [3.05, 3.63) is 30.1 Å². The first-order valence-corrected chi connectivity index (χ1v) is 3.83. The molecule has 0 atom stereocenters. The zero-order valence-corrected chi connectivity index (χ0v) is 6.79. The summed E-state index contributed by atoms with van der Waals surface area (Å²) in [6.45, 7) is 0. The molecule has 13 heavy (non-hydrogen) atoms. The number of nitrogens with zero attached hydrogens (tertiary/aromatic N) is 3. The molecule has 0 bridgehead atoms. The van der Waals surface area contributed by atoms with Gasteiger partial charge in [0.1, 0.15) is 0 Å². The van der Waals surface area contributed by atoms with E-state index < -0.39 is 5.66 Å². The standard InChI is InChI=1S/C9H7N3O/c13-7-9(11-5-6-12-9)8-1-3-10-4-2-8/h1-7H. The fraction of sp³-hybridized carbons (Fsp3) is 0.111. The highest BCUT2D eigenvalue weighted by atomic mass is 16.1. The van der Waals surface area contributed by atoms with E-state index in [0.717, 1.165) is 11.8 Å². The van der Waals surface area contributed by atoms with E-state index in [4.69, 9.17) is 0 Å². The van der Waals surface area contributed by atoms with E-state index >= 15 is 0 Å². The van der Waals surface area contributed by atoms with Gasteiger partial charge in [-0.1, -0.05) is 0 Å². The summed E-state index contributed by atoms with van der Waals surface area (Å²) in [4.78, 5) is 22.8. The number of hydrogen-bond acceptors (Lipinski definition) is 4. The Hall–Kier alpha value is -1.84. The average molecular weight is 173 g/mol. The lowest BCUT2D eigenvalue weighted by molar-refractivity contribution is -0.112. The molecule has 0 fully saturated rings. The molecule has 0 amide bonds. The zero-order valence-electron chi connectivity index (χ0n) is 6.79. The number of aldehydes is 1. The van der Waals surface area contributed by atoms with Crippen LogP contribution in [-0.4, -0.2) is 23.7 Å². The highest BCUT2D eigenvalue weighted by Crippen LogP contribution is 2.25. The number of aromatic nitrogens is 1. The van der Waals surface area contributed by atoms with Crippen LogP contribution in [0.2, 0.25) is 0 Å². The molecule has 0 unspecified atom stereocenters. The number of rotatable bonds is 2. The van der Waals surface area contributed by atoms with Crippen molar-refractivity contribution in [1.29, 1.82) is 0 Å². The second-order valence-corrected chi connectivity index (χ2v) is 2.64. The quantitative estimate of drug-likeness (QED) is 0.614. The molecule has 64 valence electrons. The lowest BCUT2D eigenvalue weighted by Crippen LogP contribution is -2.20. The van der Waals surface area contributed by atoms with Gasteiger partial charge in [0.2, 0.25) is 5.66 Å². The second-order valence-electron chi connectivity index (χ2n) is 2.64. The smallest absolute Gasteiger partial charge is 0.231 e. The Balaban J connectivity index is 2.50. The maximum absolute atomic E-state index is 10.9. The van der Waals surface area contributed by atoms with Gasteiger partial charge >= 0.3 is 0 Å². The van der Waals surface area contributed by atoms with Gasteiger partial charge in [0, 0.05) is 30.4 Å². The fourth-order valence-corrected chi connectivity index (χ4v) is 1.20. The molecule has 0 aromatic carbocycles. The average Bonchev–Trinajstić information content (AvgIpc) is 2.69. The van der Waals surface area contributed by atoms with Crippen molar-refractivity contribution >= 4 is 18.7 Å². The van der Waals surface area contributed by atoms with Crippen molar-refractivity contribution < 1.29 is 4.79 Å². The van der Waals surface area contributed by atoms with E-state index in [9.17, 15) is 4.79 Å². The minimum atomic E-state index is -1.05. The molecule has 2 rings (SSSR count). The number of pyridine rings is 1. The van der Waals surface area contributed by atoms with Crippen LogP contribution in [-0.2, 0) is 10.5 Å². The molecule has 1 aromatic rings. The highest BCUT2D eigenvalue weighted by molar-refractivity contribution is 6.18. The van der Waals surface area contributed by atoms with Gasteiger partial charge in [0.15, 0.2) is 6.29 Å². The predicted octanol–water partition coefficient (Wildman–Crippen LogP) is 0.589. The van der Waals surface area contributed by atoms with Gasteiger partial charge < -0.3 is 0 Å². The molecule has 2 heterocycles. The lowest BCUT2D eigenvalue weighted by Gasteiger charge is -2.14. The van der Waals surface area contributed by atoms with Crippen LogP contribution in [0.3, 0.4) is 0 Å². The third-order valence-electron chi connectivity index (χ3n) is 1.88. The molecule has 0 N–H and O–H groups in total. The molecule has 0 radical (unpaired) electrons. The molecular weight excluding hydrogens is 166 g/mol. The van der Waals surface area contributed by atoms with Gasteiger partial charge in [-0.15, -0.1) is 0 Å². The zero-order chi connectivity index (χ0) is 9.15. The van der Waals surface area contributed by atoms with E-state index in [0.29, 0.717) is 0 Å². The minimum Gasteiger partial charge on any atom is -0.298 e. The van der Waals surface area contributed by atoms with Gasteiger partial charge in [-0.3, -0.25) is 9.78 Å². The van der Waals surface area contributed by atoms with Crippen LogP contribution in [0.4, 0.5) is 0 Å². The third-order valence-corrected chi connectivity index (χ3v) is 1.88. The van der Waals surface area contributed by atoms with Crippen LogP contribution in [0.15, 0.2) is 34.5 Å². The lowest BCUT2D eigenvalue weighted by atomic mass is 10.0. The van der Waals surface area contributed by atoms with Gasteiger partial charge in [0.25, 0.3) is 0 Å². The van der Waals surface area contributed by atoms with Gasteiger partial charge in [-0.2, -0.15) is 0 Å². The summed E-state index contributed by atoms with van der Waals surface area (Å²) in [5.41, 5.74) is -0.314. The topological polar surface area (TPSA) is 54.7 Å². The Morgan fingerprint density at radius 2 is 1.77 bits per heavy atom. The van der Waals surface area contributed by atoms with E-state index in [2.05, 4.69) is 15.0 Å². The van der Waals surface area contributed by atoms with Crippen LogP contribution in [0, 0.1) is 0 Å². The van der Waals surface area contributed by atoms with Crippen molar-refractivity contribution in [1.82, 2.24) is 4.98 Å². The van der Waals surface area contributed by atoms with Crippen molar-refractivity contribution in [3.63, 3.8) is 0 Å². The van der Waals surface area contributed by atoms with E-state index in [1.54, 1.807) is 24.5 Å². The van der Waals surface area contributed by atoms with Crippen LogP contribution in [0.25, 0.3) is 0 Å². The van der Waals surface area contributed by atoms with E-state index in [1.165, 1.54) is 12.4 Å². The second kappa shape index (κ2) is 2.90. The Kier molecular flexibility index (Phi) is 1.73. The number of aliphatic imine (C=N–C) groups is 2. The monoisotopic (exact) mass is 173 g/mol. The molecule has 4 heteroatoms. The van der Waals surface area contributed by atoms with Gasteiger partial charge in [0.05, 0.1) is 0 Å². The maximum atomic E-state index is 10.9. The minimum absolute atomic E-state index is 0.725. The first-order valence-electron chi connectivity index (χ1n) is 3.83. The molecule has 4 nitrogen and oxygen atoms in total. The number of carbonyl (C=O) groups excluding carboxylic acids is 1. The van der Waals surface area contributed by atoms with E-state index in [-0.39, 0.29) is 0 Å². The predicted molar refractivity (Wildman–Crippen MR) is 49.0 cm³/mol. The summed E-state index contributed by atoms with van der Waals surface area (Å²) in [5, 5.41) is 0. The van der Waals surface area contributed by atoms with Crippen molar-refractivity contribution in [3.8, 4) is 0 Å². The molecular formula is C9H7N3O. The highest BCUT2D eigenvalue weighted by Gasteiger charge is 2.31. The van der Waals surface area contributed by atoms with Gasteiger partial charge in [-0.05, 0) is 12.1 Å². The van der Waals surface area contributed by atoms with Crippen molar-refractivity contribution in [2.45, 2.75) is 5.66 Å². The summed E-state index contributed by atoms with van der Waals surface area (Å²) >= 11 is 0. The van der Waals surface area contributed by atoms with Crippen molar-refractivity contribution in [2.24, 2.45) is 9.98 Å². The molecule has 1 aliphatic rings. The molecule has 0 saturated carbocycles. The number of hydrogen-bond donors (Lipinski definition) is 0. The summed E-state index contributed by atoms with van der Waals surface area (Å²) in [6.07, 6.45) is 7.00. The summed E-state index contributed by atoms with van der Waals surface area (Å²) in [5.74, 6) is 0. The normalized spacial score (nSPS) is 17.5.